The molecule has 1 amide bonds. The first-order valence-corrected chi connectivity index (χ1v) is 8.65. The molecule has 0 aliphatic heterocycles. The van der Waals surface area contributed by atoms with Gasteiger partial charge in [-0.25, -0.2) is 14.9 Å². The van der Waals surface area contributed by atoms with E-state index in [1.807, 2.05) is 66.9 Å². The second-order valence-corrected chi connectivity index (χ2v) is 6.95. The van der Waals surface area contributed by atoms with Crippen LogP contribution < -0.4 is 5.43 Å². The van der Waals surface area contributed by atoms with E-state index in [0.717, 1.165) is 22.5 Å². The van der Waals surface area contributed by atoms with Crippen molar-refractivity contribution in [1.82, 2.24) is 15.2 Å². The molecule has 0 spiro atoms. The van der Waals surface area contributed by atoms with E-state index in [1.54, 1.807) is 31.7 Å². The number of para-hydroxylation sites is 1. The first-order valence-electron chi connectivity index (χ1n) is 8.65. The van der Waals surface area contributed by atoms with E-state index in [1.165, 1.54) is 0 Å². The summed E-state index contributed by atoms with van der Waals surface area (Å²) in [6.45, 7) is 5.40. The minimum atomic E-state index is -0.601. The van der Waals surface area contributed by atoms with Crippen LogP contribution in [0, 0.1) is 0 Å². The summed E-state index contributed by atoms with van der Waals surface area (Å²) in [6, 6.07) is 19.6. The number of rotatable bonds is 4. The molecule has 3 aromatic rings. The zero-order valence-electron chi connectivity index (χ0n) is 15.6. The molecule has 1 heterocycles. The number of hydrazone groups is 1. The number of carbonyl (C=O) groups excluding carboxylic acids is 1. The first kappa shape index (κ1) is 18.4. The van der Waals surface area contributed by atoms with Crippen LogP contribution in [0.2, 0.25) is 0 Å². The largest absolute Gasteiger partial charge is 0.443 e. The number of benzene rings is 2. The molecule has 0 radical (unpaired) electrons. The fraction of sp³-hybridized carbons (Fsp3) is 0.190. The molecule has 0 saturated carbocycles. The lowest BCUT2D eigenvalue weighted by Crippen LogP contribution is -2.29. The number of hydrogen-bond acceptors (Lipinski definition) is 4. The van der Waals surface area contributed by atoms with Crippen LogP contribution >= 0.6 is 0 Å². The highest BCUT2D eigenvalue weighted by molar-refractivity contribution is 5.89. The number of amides is 1. The highest BCUT2D eigenvalue weighted by Crippen LogP contribution is 2.22. The van der Waals surface area contributed by atoms with E-state index in [2.05, 4.69) is 15.6 Å². The summed E-state index contributed by atoms with van der Waals surface area (Å²) < 4.78 is 6.97. The predicted molar refractivity (Wildman–Crippen MR) is 106 cm³/mol. The zero-order chi connectivity index (χ0) is 19.3. The number of aromatic nitrogens is 2. The van der Waals surface area contributed by atoms with Crippen LogP contribution in [0.1, 0.15) is 26.3 Å². The quantitative estimate of drug-likeness (QED) is 0.552. The molecule has 0 unspecified atom stereocenters. The molecule has 0 atom stereocenters. The Labute approximate surface area is 158 Å². The summed E-state index contributed by atoms with van der Waals surface area (Å²) in [5.74, 6) is 0. The average molecular weight is 362 g/mol. The van der Waals surface area contributed by atoms with Crippen LogP contribution in [0.5, 0.6) is 0 Å². The molecule has 0 aliphatic rings. The maximum atomic E-state index is 11.8. The van der Waals surface area contributed by atoms with Gasteiger partial charge in [0, 0.05) is 17.3 Å². The Kier molecular flexibility index (Phi) is 5.35. The van der Waals surface area contributed by atoms with Crippen LogP contribution in [-0.2, 0) is 4.74 Å². The van der Waals surface area contributed by atoms with Crippen LogP contribution in [0.15, 0.2) is 72.0 Å². The molecule has 2 aromatic carbocycles. The monoisotopic (exact) mass is 362 g/mol. The SMILES string of the molecule is CC(C)(C)OC(=O)N/N=C\c1cn(-c2ccccc2)nc1-c1ccccc1. The van der Waals surface area contributed by atoms with Gasteiger partial charge < -0.3 is 4.74 Å². The summed E-state index contributed by atoms with van der Waals surface area (Å²) in [7, 11) is 0. The van der Waals surface area contributed by atoms with Gasteiger partial charge in [0.05, 0.1) is 11.9 Å². The lowest BCUT2D eigenvalue weighted by molar-refractivity contribution is 0.0529. The Hall–Kier alpha value is -3.41. The first-order chi connectivity index (χ1) is 12.9. The van der Waals surface area contributed by atoms with Gasteiger partial charge in [-0.15, -0.1) is 0 Å². The van der Waals surface area contributed by atoms with Gasteiger partial charge in [0.15, 0.2) is 0 Å². The van der Waals surface area contributed by atoms with Crippen molar-refractivity contribution in [3.8, 4) is 16.9 Å². The molecule has 3 rings (SSSR count). The normalized spacial score (nSPS) is 11.5. The van der Waals surface area contributed by atoms with E-state index in [0.29, 0.717) is 0 Å². The van der Waals surface area contributed by atoms with Gasteiger partial charge in [0.2, 0.25) is 0 Å². The highest BCUT2D eigenvalue weighted by atomic mass is 16.6. The number of ether oxygens (including phenoxy) is 1. The minimum absolute atomic E-state index is 0.576. The average Bonchev–Trinajstić information content (AvgIpc) is 3.06. The van der Waals surface area contributed by atoms with Crippen LogP contribution in [0.25, 0.3) is 16.9 Å². The van der Waals surface area contributed by atoms with Crippen molar-refractivity contribution in [3.05, 3.63) is 72.4 Å². The maximum absolute atomic E-state index is 11.8. The van der Waals surface area contributed by atoms with Crippen molar-refractivity contribution < 1.29 is 9.53 Å². The number of nitrogens with zero attached hydrogens (tertiary/aromatic N) is 3. The van der Waals surface area contributed by atoms with Crippen molar-refractivity contribution in [1.29, 1.82) is 0 Å². The van der Waals surface area contributed by atoms with Gasteiger partial charge in [-0.1, -0.05) is 48.5 Å². The third-order valence-corrected chi connectivity index (χ3v) is 3.57. The minimum Gasteiger partial charge on any atom is -0.443 e. The summed E-state index contributed by atoms with van der Waals surface area (Å²) >= 11 is 0. The van der Waals surface area contributed by atoms with Gasteiger partial charge in [0.1, 0.15) is 11.3 Å². The molecular formula is C21H22N4O2. The van der Waals surface area contributed by atoms with E-state index in [9.17, 15) is 4.79 Å². The fourth-order valence-corrected chi connectivity index (χ4v) is 2.47. The van der Waals surface area contributed by atoms with Crippen molar-refractivity contribution in [2.45, 2.75) is 26.4 Å². The van der Waals surface area contributed by atoms with Gasteiger partial charge in [-0.2, -0.15) is 10.2 Å². The smallest absolute Gasteiger partial charge is 0.428 e. The van der Waals surface area contributed by atoms with Crippen LogP contribution in [0.3, 0.4) is 0 Å². The fourth-order valence-electron chi connectivity index (χ4n) is 2.47. The molecular weight excluding hydrogens is 340 g/mol. The molecule has 0 fully saturated rings. The molecule has 6 heteroatoms. The van der Waals surface area contributed by atoms with E-state index < -0.39 is 11.7 Å². The topological polar surface area (TPSA) is 68.5 Å². The highest BCUT2D eigenvalue weighted by Gasteiger charge is 2.15. The van der Waals surface area contributed by atoms with Gasteiger partial charge in [-0.05, 0) is 32.9 Å². The maximum Gasteiger partial charge on any atom is 0.428 e. The molecule has 0 aliphatic carbocycles. The van der Waals surface area contributed by atoms with E-state index >= 15 is 0 Å². The molecule has 27 heavy (non-hydrogen) atoms. The van der Waals surface area contributed by atoms with Gasteiger partial charge in [0.25, 0.3) is 0 Å². The Bertz CT molecular complexity index is 926. The lowest BCUT2D eigenvalue weighted by Gasteiger charge is -2.18. The molecule has 1 aromatic heterocycles. The molecule has 138 valence electrons. The molecule has 0 bridgehead atoms. The third kappa shape index (κ3) is 5.04. The summed E-state index contributed by atoms with van der Waals surface area (Å²) in [6.07, 6.45) is 2.84. The van der Waals surface area contributed by atoms with Crippen molar-refractivity contribution >= 4 is 12.3 Å². The Balaban J connectivity index is 1.88. The molecule has 0 saturated heterocycles. The predicted octanol–water partition coefficient (Wildman–Crippen LogP) is 4.40. The Morgan fingerprint density at radius 1 is 1.07 bits per heavy atom. The van der Waals surface area contributed by atoms with Crippen molar-refractivity contribution in [3.63, 3.8) is 0 Å². The molecule has 1 N–H and O–H groups in total. The Morgan fingerprint density at radius 3 is 2.33 bits per heavy atom. The van der Waals surface area contributed by atoms with Crippen LogP contribution in [0.4, 0.5) is 4.79 Å². The second kappa shape index (κ2) is 7.86. The van der Waals surface area contributed by atoms with Gasteiger partial charge in [-0.3, -0.25) is 0 Å². The van der Waals surface area contributed by atoms with E-state index in [4.69, 9.17) is 4.74 Å². The number of hydrogen-bond donors (Lipinski definition) is 1. The van der Waals surface area contributed by atoms with E-state index in [-0.39, 0.29) is 0 Å². The summed E-state index contributed by atoms with van der Waals surface area (Å²) in [5, 5.41) is 8.71. The Morgan fingerprint density at radius 2 is 1.70 bits per heavy atom. The van der Waals surface area contributed by atoms with Crippen LogP contribution in [-0.4, -0.2) is 27.7 Å². The lowest BCUT2D eigenvalue weighted by atomic mass is 10.1. The molecule has 6 nitrogen and oxygen atoms in total. The van der Waals surface area contributed by atoms with Crippen molar-refractivity contribution in [2.75, 3.05) is 0 Å². The van der Waals surface area contributed by atoms with Crippen molar-refractivity contribution in [2.24, 2.45) is 5.10 Å². The second-order valence-electron chi connectivity index (χ2n) is 6.95. The zero-order valence-corrected chi connectivity index (χ0v) is 15.6. The standard InChI is InChI=1S/C21H22N4O2/c1-21(2,3)27-20(26)23-22-14-17-15-25(18-12-8-5-9-13-18)24-19(17)16-10-6-4-7-11-16/h4-15H,1-3H3,(H,23,26)/b22-14-. The number of nitrogens with one attached hydrogen (secondary N) is 1. The summed E-state index contributed by atoms with van der Waals surface area (Å²) in [4.78, 5) is 11.8. The third-order valence-electron chi connectivity index (χ3n) is 3.57. The number of carbonyl (C=O) groups is 1. The van der Waals surface area contributed by atoms with Gasteiger partial charge >= 0.3 is 6.09 Å². The summed E-state index contributed by atoms with van der Waals surface area (Å²) in [5.41, 5.74) is 5.26.